The highest BCUT2D eigenvalue weighted by Gasteiger charge is 2.35. The third kappa shape index (κ3) is 4.84. The molecule has 1 saturated heterocycles. The zero-order valence-corrected chi connectivity index (χ0v) is 23.3. The molecule has 2 aliphatic rings. The summed E-state index contributed by atoms with van der Waals surface area (Å²) in [6.07, 6.45) is 5.76. The number of nitrogens with zero attached hydrogens (tertiary/aromatic N) is 3. The summed E-state index contributed by atoms with van der Waals surface area (Å²) in [6.45, 7) is 6.78. The molecular weight excluding hydrogens is 498 g/mol. The Morgan fingerprint density at radius 1 is 1.11 bits per heavy atom. The molecule has 0 spiro atoms. The maximum absolute atomic E-state index is 13.7. The van der Waals surface area contributed by atoms with Crippen LogP contribution in [0, 0.1) is 0 Å². The van der Waals surface area contributed by atoms with Crippen molar-refractivity contribution in [1.29, 1.82) is 0 Å². The summed E-state index contributed by atoms with van der Waals surface area (Å²) in [6, 6.07) is 15.2. The summed E-state index contributed by atoms with van der Waals surface area (Å²) in [5, 5.41) is 0.581. The summed E-state index contributed by atoms with van der Waals surface area (Å²) < 4.78 is 16.6. The molecule has 1 fully saturated rings. The highest BCUT2D eigenvalue weighted by atomic mass is 32.2. The molecule has 0 atom stereocenters. The van der Waals surface area contributed by atoms with Crippen LogP contribution in [0.15, 0.2) is 75.2 Å². The predicted octanol–water partition coefficient (Wildman–Crippen LogP) is 6.73. The Morgan fingerprint density at radius 3 is 2.53 bits per heavy atom. The molecule has 2 aliphatic heterocycles. The van der Waals surface area contributed by atoms with E-state index in [-0.39, 0.29) is 18.0 Å². The van der Waals surface area contributed by atoms with Gasteiger partial charge in [0.25, 0.3) is 5.91 Å². The number of amides is 1. The zero-order chi connectivity index (χ0) is 27.0. The molecule has 2 aromatic carbocycles. The molecule has 0 N–H and O–H groups in total. The topological polar surface area (TPSA) is 67.5 Å². The standard InChI is InChI=1S/C30H31N3O4S/c1-19-17-30(2,3)32(4)25-16-26(36-6)20(14-24(19)25)15-27-28(34)33(18-23-8-7-13-37-23)29(38-27)31-21-9-11-22(35-5)12-10-21/h7-17H,18H2,1-6H3/b27-15+,31-29?. The number of amidine groups is 1. The Kier molecular flexibility index (Phi) is 6.84. The fourth-order valence-electron chi connectivity index (χ4n) is 4.68. The van der Waals surface area contributed by atoms with E-state index in [4.69, 9.17) is 18.9 Å². The molecule has 38 heavy (non-hydrogen) atoms. The molecule has 0 bridgehead atoms. The van der Waals surface area contributed by atoms with E-state index in [1.807, 2.05) is 42.5 Å². The lowest BCUT2D eigenvalue weighted by atomic mass is 9.88. The van der Waals surface area contributed by atoms with Gasteiger partial charge < -0.3 is 18.8 Å². The Morgan fingerprint density at radius 2 is 1.87 bits per heavy atom. The normalized spacial score (nSPS) is 18.7. The van der Waals surface area contributed by atoms with Gasteiger partial charge in [0, 0.05) is 29.9 Å². The van der Waals surface area contributed by atoms with Crippen LogP contribution in [0.2, 0.25) is 0 Å². The van der Waals surface area contributed by atoms with E-state index >= 15 is 0 Å². The van der Waals surface area contributed by atoms with Crippen molar-refractivity contribution in [1.82, 2.24) is 4.90 Å². The molecular formula is C30H31N3O4S. The smallest absolute Gasteiger partial charge is 0.267 e. The number of anilines is 1. The number of thioether (sulfide) groups is 1. The highest BCUT2D eigenvalue weighted by Crippen LogP contribution is 2.43. The second kappa shape index (κ2) is 10.1. The Labute approximate surface area is 227 Å². The maximum Gasteiger partial charge on any atom is 0.267 e. The maximum atomic E-state index is 13.7. The lowest BCUT2D eigenvalue weighted by molar-refractivity contribution is -0.122. The minimum atomic E-state index is -0.135. The number of allylic oxidation sites excluding steroid dienone is 1. The van der Waals surface area contributed by atoms with Crippen LogP contribution in [0.25, 0.3) is 11.6 Å². The minimum Gasteiger partial charge on any atom is -0.497 e. The second-order valence-corrected chi connectivity index (χ2v) is 10.8. The predicted molar refractivity (Wildman–Crippen MR) is 154 cm³/mol. The van der Waals surface area contributed by atoms with Crippen molar-refractivity contribution < 1.29 is 18.7 Å². The van der Waals surface area contributed by atoms with Crippen molar-refractivity contribution in [3.05, 3.63) is 82.7 Å². The monoisotopic (exact) mass is 529 g/mol. The van der Waals surface area contributed by atoms with Gasteiger partial charge in [-0.3, -0.25) is 9.69 Å². The lowest BCUT2D eigenvalue weighted by Crippen LogP contribution is -2.42. The van der Waals surface area contributed by atoms with Gasteiger partial charge in [-0.2, -0.15) is 0 Å². The third-order valence-electron chi connectivity index (χ3n) is 6.93. The van der Waals surface area contributed by atoms with Crippen molar-refractivity contribution in [3.8, 4) is 11.5 Å². The van der Waals surface area contributed by atoms with E-state index in [0.717, 1.165) is 28.3 Å². The van der Waals surface area contributed by atoms with Crippen LogP contribution in [0.3, 0.4) is 0 Å². The molecule has 5 rings (SSSR count). The van der Waals surface area contributed by atoms with E-state index in [0.29, 0.717) is 21.6 Å². The van der Waals surface area contributed by atoms with Crippen LogP contribution in [0.5, 0.6) is 11.5 Å². The summed E-state index contributed by atoms with van der Waals surface area (Å²) in [5.74, 6) is 2.00. The number of hydrogen-bond donors (Lipinski definition) is 0. The van der Waals surface area contributed by atoms with Crippen molar-refractivity contribution in [2.75, 3.05) is 26.2 Å². The van der Waals surface area contributed by atoms with Crippen molar-refractivity contribution in [2.45, 2.75) is 32.9 Å². The summed E-state index contributed by atoms with van der Waals surface area (Å²) >= 11 is 1.34. The fraction of sp³-hybridized carbons (Fsp3) is 0.267. The van der Waals surface area contributed by atoms with E-state index < -0.39 is 0 Å². The van der Waals surface area contributed by atoms with Gasteiger partial charge in [-0.15, -0.1) is 0 Å². The van der Waals surface area contributed by atoms with E-state index in [1.54, 1.807) is 25.4 Å². The number of rotatable bonds is 6. The molecule has 0 aliphatic carbocycles. The first-order chi connectivity index (χ1) is 18.2. The molecule has 1 amide bonds. The lowest BCUT2D eigenvalue weighted by Gasteiger charge is -2.41. The van der Waals surface area contributed by atoms with Gasteiger partial charge in [0.15, 0.2) is 5.17 Å². The number of carbonyl (C=O) groups excluding carboxylic acids is 1. The molecule has 3 heterocycles. The van der Waals surface area contributed by atoms with E-state index in [9.17, 15) is 4.79 Å². The van der Waals surface area contributed by atoms with Crippen molar-refractivity contribution in [2.24, 2.45) is 4.99 Å². The van der Waals surface area contributed by atoms with Crippen LogP contribution in [0.1, 0.15) is 37.7 Å². The highest BCUT2D eigenvalue weighted by molar-refractivity contribution is 8.18. The first-order valence-electron chi connectivity index (χ1n) is 12.3. The SMILES string of the molecule is COc1ccc(N=C2S/C(=C/c3cc4c(cc3OC)N(C)C(C)(C)C=C4C)C(=O)N2Cc2ccco2)cc1. The number of fused-ring (bicyclic) bond motifs is 1. The molecule has 0 saturated carbocycles. The first kappa shape index (κ1) is 25.7. The largest absolute Gasteiger partial charge is 0.497 e. The van der Waals surface area contributed by atoms with Gasteiger partial charge in [0.2, 0.25) is 0 Å². The summed E-state index contributed by atoms with van der Waals surface area (Å²) in [4.78, 5) is 22.9. The number of ether oxygens (including phenoxy) is 2. The molecule has 0 unspecified atom stereocenters. The molecule has 3 aromatic rings. The van der Waals surface area contributed by atoms with Gasteiger partial charge >= 0.3 is 0 Å². The van der Waals surface area contributed by atoms with Crippen LogP contribution < -0.4 is 14.4 Å². The zero-order valence-electron chi connectivity index (χ0n) is 22.4. The number of aliphatic imine (C=N–C) groups is 1. The second-order valence-electron chi connectivity index (χ2n) is 9.83. The number of benzene rings is 2. The summed E-state index contributed by atoms with van der Waals surface area (Å²) in [5.41, 5.74) is 4.86. The number of furan rings is 1. The van der Waals surface area contributed by atoms with Gasteiger partial charge in [0.1, 0.15) is 17.3 Å². The first-order valence-corrected chi connectivity index (χ1v) is 13.1. The Balaban J connectivity index is 1.55. The quantitative estimate of drug-likeness (QED) is 0.330. The van der Waals surface area contributed by atoms with Crippen LogP contribution >= 0.6 is 11.8 Å². The number of likely N-dealkylation sites (N-methyl/N-ethyl adjacent to an activating group) is 1. The van der Waals surface area contributed by atoms with Gasteiger partial charge in [-0.25, -0.2) is 4.99 Å². The van der Waals surface area contributed by atoms with Gasteiger partial charge in [0.05, 0.1) is 43.2 Å². The molecule has 1 aromatic heterocycles. The van der Waals surface area contributed by atoms with Gasteiger partial charge in [-0.1, -0.05) is 6.08 Å². The number of carbonyl (C=O) groups is 1. The Bertz CT molecular complexity index is 1450. The third-order valence-corrected chi connectivity index (χ3v) is 7.94. The van der Waals surface area contributed by atoms with E-state index in [2.05, 4.69) is 50.9 Å². The average Bonchev–Trinajstić information content (AvgIpc) is 3.52. The summed E-state index contributed by atoms with van der Waals surface area (Å²) in [7, 11) is 5.37. The van der Waals surface area contributed by atoms with E-state index in [1.165, 1.54) is 17.3 Å². The minimum absolute atomic E-state index is 0.113. The molecule has 7 nitrogen and oxygen atoms in total. The molecule has 0 radical (unpaired) electrons. The van der Waals surface area contributed by atoms with Crippen molar-refractivity contribution in [3.63, 3.8) is 0 Å². The number of hydrogen-bond acceptors (Lipinski definition) is 7. The van der Waals surface area contributed by atoms with Crippen LogP contribution in [-0.4, -0.2) is 42.8 Å². The van der Waals surface area contributed by atoms with Gasteiger partial charge in [-0.05, 0) is 86.6 Å². The average molecular weight is 530 g/mol. The molecule has 196 valence electrons. The fourth-order valence-corrected chi connectivity index (χ4v) is 5.67. The van der Waals surface area contributed by atoms with Crippen molar-refractivity contribution >= 4 is 45.9 Å². The Hall–Kier alpha value is -3.91. The molecule has 8 heteroatoms. The van der Waals surface area contributed by atoms with Crippen LogP contribution in [-0.2, 0) is 11.3 Å². The number of methoxy groups -OCH3 is 2. The van der Waals surface area contributed by atoms with Crippen LogP contribution in [0.4, 0.5) is 11.4 Å².